The van der Waals surface area contributed by atoms with Crippen LogP contribution in [0.4, 0.5) is 0 Å². The summed E-state index contributed by atoms with van der Waals surface area (Å²) in [5.41, 5.74) is 1.13. The average molecular weight is 919 g/mol. The first-order chi connectivity index (χ1) is 29.6. The number of carbonyl (C=O) groups is 3. The summed E-state index contributed by atoms with van der Waals surface area (Å²) in [5, 5.41) is 5.30. The molecule has 0 bridgehead atoms. The quantitative estimate of drug-likeness (QED) is 0.0391. The van der Waals surface area contributed by atoms with E-state index in [1.807, 2.05) is 32.9 Å². The van der Waals surface area contributed by atoms with E-state index in [1.165, 1.54) is 27.6 Å². The van der Waals surface area contributed by atoms with E-state index in [1.54, 1.807) is 6.08 Å². The van der Waals surface area contributed by atoms with Gasteiger partial charge in [-0.1, -0.05) is 153 Å². The van der Waals surface area contributed by atoms with Crippen molar-refractivity contribution in [3.63, 3.8) is 0 Å². The molecular formula is C50H72ClN3O7Si2. The molecule has 1 aliphatic rings. The van der Waals surface area contributed by atoms with Crippen molar-refractivity contribution in [3.8, 4) is 0 Å². The molecule has 1 aromatic heterocycles. The smallest absolute Gasteiger partial charge is 0.329 e. The maximum absolute atomic E-state index is 13.5. The molecule has 10 nitrogen and oxygen atoms in total. The van der Waals surface area contributed by atoms with Crippen LogP contribution in [0.25, 0.3) is 0 Å². The van der Waals surface area contributed by atoms with Gasteiger partial charge in [-0.05, 0) is 71.7 Å². The summed E-state index contributed by atoms with van der Waals surface area (Å²) in [6.07, 6.45) is 11.8. The topological polar surface area (TPSA) is 120 Å². The number of allylic oxidation sites excluding steroid dienone is 2. The molecule has 4 atom stereocenters. The molecule has 1 fully saturated rings. The lowest BCUT2D eigenvalue weighted by molar-refractivity contribution is -0.158. The summed E-state index contributed by atoms with van der Waals surface area (Å²) in [4.78, 5) is 45.3. The minimum absolute atomic E-state index is 0.0373. The van der Waals surface area contributed by atoms with Gasteiger partial charge in [-0.25, -0.2) is 9.78 Å². The first-order valence-electron chi connectivity index (χ1n) is 22.4. The SMILES string of the molecule is CC(/C=C/CNC(=O)/C=C/[C@@H](C)[C@H](OC(=O)[C@H]1CCCN1C(=O)c1coc(CCl)n1)C(C)C)=C\[C@H](CCO[Si](C)(C)C(C)(C)C)O[Si](c1ccccc1)(c1ccccc1)C(C)(C)C. The molecule has 63 heavy (non-hydrogen) atoms. The molecule has 0 aliphatic carbocycles. The molecule has 2 heterocycles. The lowest BCUT2D eigenvalue weighted by Crippen LogP contribution is -2.67. The number of aromatic nitrogens is 1. The highest BCUT2D eigenvalue weighted by Gasteiger charge is 2.51. The van der Waals surface area contributed by atoms with Gasteiger partial charge in [0.05, 0.1) is 12.0 Å². The lowest BCUT2D eigenvalue weighted by atomic mass is 9.94. The molecule has 1 N–H and O–H groups in total. The standard InChI is InChI=1S/C50H72ClN3O7Si2/c1-36(2)46(60-48(57)43-26-20-31-54(43)47(56)42-35-58-45(34-51)53-42)38(4)27-28-44(55)52-30-19-21-37(3)33-39(29-32-59-62(11,12)49(5,6)7)61-63(50(8,9)10,40-22-15-13-16-23-40)41-24-17-14-18-25-41/h13-19,21-25,27-28,33,35-36,38-39,43,46H,20,26,29-32,34H2,1-12H3,(H,52,55)/b21-19+,28-27+,37-33+/t38-,39+,43-,46-/m1/s1. The van der Waals surface area contributed by atoms with Crippen molar-refractivity contribution in [3.05, 3.63) is 114 Å². The third kappa shape index (κ3) is 13.7. The number of rotatable bonds is 20. The molecule has 2 aromatic carbocycles. The van der Waals surface area contributed by atoms with Crippen molar-refractivity contribution < 1.29 is 32.4 Å². The van der Waals surface area contributed by atoms with Crippen LogP contribution >= 0.6 is 11.6 Å². The summed E-state index contributed by atoms with van der Waals surface area (Å²) < 4.78 is 25.6. The Balaban J connectivity index is 1.44. The van der Waals surface area contributed by atoms with E-state index in [-0.39, 0.29) is 51.4 Å². The Morgan fingerprint density at radius 2 is 1.57 bits per heavy atom. The van der Waals surface area contributed by atoms with Crippen LogP contribution in [0.3, 0.4) is 0 Å². The van der Waals surface area contributed by atoms with Gasteiger partial charge in [-0.3, -0.25) is 9.59 Å². The van der Waals surface area contributed by atoms with Crippen LogP contribution in [-0.4, -0.2) is 82.2 Å². The summed E-state index contributed by atoms with van der Waals surface area (Å²) in [6, 6.07) is 20.7. The average Bonchev–Trinajstić information content (AvgIpc) is 3.93. The number of ether oxygens (including phenoxy) is 1. The largest absolute Gasteiger partial charge is 0.460 e. The number of esters is 1. The molecule has 2 amide bonds. The molecular weight excluding hydrogens is 846 g/mol. The van der Waals surface area contributed by atoms with Gasteiger partial charge >= 0.3 is 5.97 Å². The van der Waals surface area contributed by atoms with Gasteiger partial charge in [-0.15, -0.1) is 11.6 Å². The monoisotopic (exact) mass is 917 g/mol. The molecule has 1 aliphatic heterocycles. The first-order valence-corrected chi connectivity index (χ1v) is 27.7. The Morgan fingerprint density at radius 3 is 2.11 bits per heavy atom. The van der Waals surface area contributed by atoms with Crippen molar-refractivity contribution >= 4 is 56.4 Å². The van der Waals surface area contributed by atoms with Gasteiger partial charge in [0, 0.05) is 25.6 Å². The Kier molecular flexibility index (Phi) is 18.6. The van der Waals surface area contributed by atoms with E-state index in [2.05, 4.69) is 139 Å². The third-order valence-corrected chi connectivity index (χ3v) is 22.1. The van der Waals surface area contributed by atoms with Gasteiger partial charge in [0.2, 0.25) is 11.8 Å². The fourth-order valence-electron chi connectivity index (χ4n) is 7.84. The maximum Gasteiger partial charge on any atom is 0.329 e. The summed E-state index contributed by atoms with van der Waals surface area (Å²) in [6.45, 7) is 27.5. The molecule has 1 saturated heterocycles. The van der Waals surface area contributed by atoms with Gasteiger partial charge in [0.15, 0.2) is 14.0 Å². The van der Waals surface area contributed by atoms with E-state index >= 15 is 0 Å². The third-order valence-electron chi connectivity index (χ3n) is 12.3. The molecule has 0 unspecified atom stereocenters. The first kappa shape index (κ1) is 51.6. The Labute approximate surface area is 384 Å². The second-order valence-corrected chi connectivity index (χ2v) is 28.9. The summed E-state index contributed by atoms with van der Waals surface area (Å²) >= 11 is 5.80. The lowest BCUT2D eigenvalue weighted by Gasteiger charge is -2.45. The fourth-order valence-corrected chi connectivity index (χ4v) is 13.7. The van der Waals surface area contributed by atoms with Crippen LogP contribution in [-0.2, 0) is 29.1 Å². The van der Waals surface area contributed by atoms with Crippen molar-refractivity contribution in [1.29, 1.82) is 0 Å². The Hall–Kier alpha value is -4.08. The van der Waals surface area contributed by atoms with Crippen LogP contribution in [0.5, 0.6) is 0 Å². The molecule has 344 valence electrons. The molecule has 3 aromatic rings. The van der Waals surface area contributed by atoms with Gasteiger partial charge in [0.25, 0.3) is 14.2 Å². The summed E-state index contributed by atoms with van der Waals surface area (Å²) in [7, 11) is -4.86. The molecule has 0 radical (unpaired) electrons. The number of hydrogen-bond acceptors (Lipinski definition) is 8. The van der Waals surface area contributed by atoms with Crippen molar-refractivity contribution in [2.75, 3.05) is 19.7 Å². The minimum Gasteiger partial charge on any atom is -0.460 e. The number of nitrogens with one attached hydrogen (secondary N) is 1. The number of amides is 2. The van der Waals surface area contributed by atoms with Gasteiger partial charge in [-0.2, -0.15) is 0 Å². The van der Waals surface area contributed by atoms with Crippen LogP contribution in [0, 0.1) is 11.8 Å². The highest BCUT2D eigenvalue weighted by molar-refractivity contribution is 6.99. The van der Waals surface area contributed by atoms with E-state index in [0.29, 0.717) is 39.0 Å². The Bertz CT molecular complexity index is 2000. The van der Waals surface area contributed by atoms with Crippen LogP contribution in [0.2, 0.25) is 23.2 Å². The second-order valence-electron chi connectivity index (χ2n) is 19.6. The van der Waals surface area contributed by atoms with Crippen molar-refractivity contribution in [1.82, 2.24) is 15.2 Å². The number of likely N-dealkylation sites (tertiary alicyclic amines) is 1. The second kappa shape index (κ2) is 22.7. The van der Waals surface area contributed by atoms with E-state index in [9.17, 15) is 14.4 Å². The highest BCUT2D eigenvalue weighted by Crippen LogP contribution is 2.39. The van der Waals surface area contributed by atoms with Crippen LogP contribution in [0.15, 0.2) is 107 Å². The van der Waals surface area contributed by atoms with E-state index in [4.69, 9.17) is 29.6 Å². The number of oxazole rings is 1. The van der Waals surface area contributed by atoms with Gasteiger partial charge in [0.1, 0.15) is 18.4 Å². The molecule has 0 spiro atoms. The zero-order chi connectivity index (χ0) is 46.6. The van der Waals surface area contributed by atoms with Crippen molar-refractivity contribution in [2.45, 2.75) is 136 Å². The number of alkyl halides is 1. The van der Waals surface area contributed by atoms with E-state index in [0.717, 1.165) is 5.57 Å². The number of hydrogen-bond donors (Lipinski definition) is 1. The van der Waals surface area contributed by atoms with Crippen LogP contribution < -0.4 is 15.7 Å². The fraction of sp³-hybridized carbons (Fsp3) is 0.520. The molecule has 4 rings (SSSR count). The van der Waals surface area contributed by atoms with E-state index < -0.39 is 40.7 Å². The zero-order valence-electron chi connectivity index (χ0n) is 39.7. The predicted molar refractivity (Wildman–Crippen MR) is 259 cm³/mol. The maximum atomic E-state index is 13.5. The number of nitrogens with zero attached hydrogens (tertiary/aromatic N) is 2. The van der Waals surface area contributed by atoms with Crippen molar-refractivity contribution in [2.24, 2.45) is 11.8 Å². The number of halogens is 1. The normalized spacial score (nSPS) is 17.1. The highest BCUT2D eigenvalue weighted by atomic mass is 35.5. The van der Waals surface area contributed by atoms with Gasteiger partial charge < -0.3 is 28.2 Å². The molecule has 0 saturated carbocycles. The number of benzene rings is 2. The zero-order valence-corrected chi connectivity index (χ0v) is 42.5. The predicted octanol–water partition coefficient (Wildman–Crippen LogP) is 9.75. The minimum atomic E-state index is -2.87. The Morgan fingerprint density at radius 1 is 0.952 bits per heavy atom. The van der Waals surface area contributed by atoms with Crippen LogP contribution in [0.1, 0.15) is 105 Å². The molecule has 13 heteroatoms. The number of carbonyl (C=O) groups excluding carboxylic acids is 3. The summed E-state index contributed by atoms with van der Waals surface area (Å²) in [5.74, 6) is -1.13.